The second-order valence-electron chi connectivity index (χ2n) is 10.4. The van der Waals surface area contributed by atoms with Crippen LogP contribution in [0.1, 0.15) is 76.4 Å². The molecule has 1 saturated heterocycles. The molecule has 0 unspecified atom stereocenters. The molecule has 0 aliphatic carbocycles. The van der Waals surface area contributed by atoms with E-state index in [4.69, 9.17) is 29.4 Å². The third kappa shape index (κ3) is 11.6. The fourth-order valence-corrected chi connectivity index (χ4v) is 5.01. The number of unbranched alkanes of at least 4 members (excludes halogenated alkanes) is 4. The van der Waals surface area contributed by atoms with Crippen LogP contribution in [0.3, 0.4) is 0 Å². The molecule has 0 bridgehead atoms. The minimum absolute atomic E-state index is 0.0138. The minimum atomic E-state index is -0.680. The molecule has 1 aromatic carbocycles. The molecule has 10 heteroatoms. The van der Waals surface area contributed by atoms with Crippen molar-refractivity contribution in [2.75, 3.05) is 65.8 Å². The Morgan fingerprint density at radius 3 is 2.42 bits per heavy atom. The lowest BCUT2D eigenvalue weighted by Gasteiger charge is -2.32. The van der Waals surface area contributed by atoms with Crippen molar-refractivity contribution in [3.05, 3.63) is 23.8 Å². The molecule has 3 N–H and O–H groups in total. The molecular formula is C30H49N3O7. The fraction of sp³-hybridized carbons (Fsp3) is 0.733. The average Bonchev–Trinajstić information content (AvgIpc) is 3.48. The quantitative estimate of drug-likeness (QED) is 0.182. The first-order valence-corrected chi connectivity index (χ1v) is 15.1. The maximum absolute atomic E-state index is 13.1. The Balaban J connectivity index is 1.70. The Hall–Kier alpha value is -2.40. The lowest BCUT2D eigenvalue weighted by Crippen LogP contribution is -2.47. The highest BCUT2D eigenvalue weighted by molar-refractivity contribution is 5.76. The number of nitrogens with two attached hydrogens (primary N) is 1. The number of nitrogens with zero attached hydrogens (tertiary/aromatic N) is 1. The van der Waals surface area contributed by atoms with Gasteiger partial charge in [-0.25, -0.2) is 0 Å². The highest BCUT2D eigenvalue weighted by Gasteiger charge is 2.32. The number of ether oxygens (including phenoxy) is 5. The van der Waals surface area contributed by atoms with Crippen LogP contribution in [0.15, 0.2) is 18.2 Å². The number of rotatable bonds is 20. The molecule has 0 radical (unpaired) electrons. The van der Waals surface area contributed by atoms with E-state index >= 15 is 0 Å². The summed E-state index contributed by atoms with van der Waals surface area (Å²) in [5.74, 6) is 0.883. The number of carbonyl (C=O) groups excluding carboxylic acids is 2. The predicted molar refractivity (Wildman–Crippen MR) is 153 cm³/mol. The number of fused-ring (bicyclic) bond motifs is 1. The molecule has 0 saturated carbocycles. The monoisotopic (exact) mass is 563 g/mol. The second-order valence-corrected chi connectivity index (χ2v) is 10.4. The number of esters is 1. The minimum Gasteiger partial charge on any atom is -0.486 e. The van der Waals surface area contributed by atoms with E-state index in [1.165, 1.54) is 12.8 Å². The van der Waals surface area contributed by atoms with Crippen molar-refractivity contribution in [3.63, 3.8) is 0 Å². The summed E-state index contributed by atoms with van der Waals surface area (Å²) in [4.78, 5) is 28.4. The molecule has 3 rings (SSSR count). The smallest absolute Gasteiger partial charge is 0.308 e. The molecule has 2 atom stereocenters. The van der Waals surface area contributed by atoms with Crippen LogP contribution in [-0.4, -0.2) is 88.6 Å². The van der Waals surface area contributed by atoms with Gasteiger partial charge in [0.1, 0.15) is 19.3 Å². The van der Waals surface area contributed by atoms with Crippen LogP contribution in [0.4, 0.5) is 0 Å². The molecule has 2 aliphatic heterocycles. The molecule has 226 valence electrons. The van der Waals surface area contributed by atoms with E-state index in [1.54, 1.807) is 0 Å². The van der Waals surface area contributed by atoms with Crippen molar-refractivity contribution in [2.24, 2.45) is 5.73 Å². The Morgan fingerprint density at radius 2 is 1.68 bits per heavy atom. The van der Waals surface area contributed by atoms with E-state index in [-0.39, 0.29) is 24.9 Å². The summed E-state index contributed by atoms with van der Waals surface area (Å²) < 4.78 is 28.5. The van der Waals surface area contributed by atoms with Crippen LogP contribution >= 0.6 is 0 Å². The van der Waals surface area contributed by atoms with Gasteiger partial charge in [0.15, 0.2) is 11.5 Å². The maximum Gasteiger partial charge on any atom is 0.308 e. The molecular weight excluding hydrogens is 514 g/mol. The largest absolute Gasteiger partial charge is 0.486 e. The Bertz CT molecular complexity index is 879. The first kappa shape index (κ1) is 32.1. The summed E-state index contributed by atoms with van der Waals surface area (Å²) in [5, 5.41) is 3.23. The van der Waals surface area contributed by atoms with Crippen LogP contribution in [0, 0.1) is 0 Å². The van der Waals surface area contributed by atoms with Crippen molar-refractivity contribution in [3.8, 4) is 11.5 Å². The van der Waals surface area contributed by atoms with E-state index in [0.717, 1.165) is 50.8 Å². The highest BCUT2D eigenvalue weighted by atomic mass is 16.6. The molecule has 1 aromatic rings. The molecule has 1 amide bonds. The average molecular weight is 564 g/mol. The van der Waals surface area contributed by atoms with Gasteiger partial charge >= 0.3 is 5.97 Å². The van der Waals surface area contributed by atoms with Crippen molar-refractivity contribution in [2.45, 2.75) is 76.9 Å². The Labute approximate surface area is 239 Å². The number of hydrogen-bond acceptors (Lipinski definition) is 9. The van der Waals surface area contributed by atoms with Crippen molar-refractivity contribution >= 4 is 11.9 Å². The number of likely N-dealkylation sites (tertiary alicyclic amines) is 1. The molecule has 40 heavy (non-hydrogen) atoms. The first-order valence-electron chi connectivity index (χ1n) is 15.1. The number of nitrogens with one attached hydrogen (secondary N) is 1. The summed E-state index contributed by atoms with van der Waals surface area (Å²) >= 11 is 0. The topological polar surface area (TPSA) is 122 Å². The summed E-state index contributed by atoms with van der Waals surface area (Å²) in [5.41, 5.74) is 6.18. The molecule has 0 aromatic heterocycles. The summed E-state index contributed by atoms with van der Waals surface area (Å²) in [6, 6.07) is 5.20. The maximum atomic E-state index is 13.1. The van der Waals surface area contributed by atoms with Crippen molar-refractivity contribution in [1.82, 2.24) is 10.2 Å². The second kappa shape index (κ2) is 18.9. The highest BCUT2D eigenvalue weighted by Crippen LogP contribution is 2.35. The molecule has 0 spiro atoms. The van der Waals surface area contributed by atoms with Gasteiger partial charge in [0, 0.05) is 19.5 Å². The first-order chi connectivity index (χ1) is 19.6. The molecule has 10 nitrogen and oxygen atoms in total. The van der Waals surface area contributed by atoms with Gasteiger partial charge in [-0.1, -0.05) is 38.7 Å². The van der Waals surface area contributed by atoms with Crippen LogP contribution < -0.4 is 20.5 Å². The Morgan fingerprint density at radius 1 is 0.950 bits per heavy atom. The summed E-state index contributed by atoms with van der Waals surface area (Å²) in [7, 11) is 0. The van der Waals surface area contributed by atoms with E-state index in [1.807, 2.05) is 18.2 Å². The predicted octanol–water partition coefficient (Wildman–Crippen LogP) is 3.37. The van der Waals surface area contributed by atoms with E-state index in [0.29, 0.717) is 64.0 Å². The number of amides is 1. The standard InChI is InChI=1S/C30H49N3O7/c1-2-3-4-5-6-9-28(34)32-25(23-33-14-7-8-15-33)30(24-10-11-26-27(22-24)39-21-20-38-26)40-29(35)12-16-36-18-19-37-17-13-31/h10-11,22,25,30H,2-9,12-21,23,31H2,1H3,(H,32,34)/t25-,30-/m1/s1. The lowest BCUT2D eigenvalue weighted by molar-refractivity contribution is -0.153. The number of benzene rings is 1. The van der Waals surface area contributed by atoms with Crippen LogP contribution in [0.25, 0.3) is 0 Å². The van der Waals surface area contributed by atoms with Crippen molar-refractivity contribution < 1.29 is 33.3 Å². The zero-order valence-corrected chi connectivity index (χ0v) is 24.2. The van der Waals surface area contributed by atoms with Gasteiger partial charge in [0.05, 0.1) is 38.9 Å². The van der Waals surface area contributed by atoms with Crippen LogP contribution in [-0.2, 0) is 23.8 Å². The summed E-state index contributed by atoms with van der Waals surface area (Å²) in [6.07, 6.45) is 7.50. The number of hydrogen-bond donors (Lipinski definition) is 2. The van der Waals surface area contributed by atoms with E-state index < -0.39 is 12.1 Å². The van der Waals surface area contributed by atoms with Crippen molar-refractivity contribution in [1.29, 1.82) is 0 Å². The van der Waals surface area contributed by atoms with Gasteiger partial charge < -0.3 is 39.6 Å². The van der Waals surface area contributed by atoms with Gasteiger partial charge in [0.25, 0.3) is 0 Å². The SMILES string of the molecule is CCCCCCCC(=O)N[C@H](CN1CCCC1)[C@H](OC(=O)CCOCCOCCN)c1ccc2c(c1)OCCO2. The van der Waals surface area contributed by atoms with E-state index in [2.05, 4.69) is 17.1 Å². The third-order valence-corrected chi connectivity index (χ3v) is 7.11. The van der Waals surface area contributed by atoms with Crippen LogP contribution in [0.5, 0.6) is 11.5 Å². The van der Waals surface area contributed by atoms with Gasteiger partial charge in [-0.3, -0.25) is 9.59 Å². The third-order valence-electron chi connectivity index (χ3n) is 7.11. The van der Waals surface area contributed by atoms with Gasteiger partial charge in [-0.15, -0.1) is 0 Å². The normalized spacial score (nSPS) is 16.4. The van der Waals surface area contributed by atoms with Gasteiger partial charge in [-0.2, -0.15) is 0 Å². The van der Waals surface area contributed by atoms with Gasteiger partial charge in [0.2, 0.25) is 5.91 Å². The number of carbonyl (C=O) groups is 2. The zero-order valence-electron chi connectivity index (χ0n) is 24.2. The molecule has 1 fully saturated rings. The molecule has 2 aliphatic rings. The van der Waals surface area contributed by atoms with Gasteiger partial charge in [-0.05, 0) is 50.0 Å². The van der Waals surface area contributed by atoms with E-state index in [9.17, 15) is 9.59 Å². The zero-order chi connectivity index (χ0) is 28.4. The summed E-state index contributed by atoms with van der Waals surface area (Å²) in [6.45, 7) is 7.62. The lowest BCUT2D eigenvalue weighted by atomic mass is 10.00. The Kier molecular flexibility index (Phi) is 15.1. The van der Waals surface area contributed by atoms with Crippen LogP contribution in [0.2, 0.25) is 0 Å². The fourth-order valence-electron chi connectivity index (χ4n) is 5.01. The molecule has 2 heterocycles.